The summed E-state index contributed by atoms with van der Waals surface area (Å²) < 4.78 is 1.10. The average molecular weight is 239 g/mol. The highest BCUT2D eigenvalue weighted by Crippen LogP contribution is 2.25. The summed E-state index contributed by atoms with van der Waals surface area (Å²) in [6.07, 6.45) is 1.94. The molecule has 0 aliphatic rings. The van der Waals surface area contributed by atoms with E-state index in [1.54, 1.807) is 0 Å². The highest BCUT2D eigenvalue weighted by atomic mass is 79.9. The molecule has 3 heteroatoms. The Balaban J connectivity index is 2.63. The topological polar surface area (TPSA) is 41.8 Å². The van der Waals surface area contributed by atoms with Gasteiger partial charge in [-0.1, -0.05) is 12.1 Å². The van der Waals surface area contributed by atoms with Crippen LogP contribution < -0.4 is 5.73 Å². The molecule has 1 unspecified atom stereocenters. The van der Waals surface area contributed by atoms with E-state index in [9.17, 15) is 0 Å². The first kappa shape index (κ1) is 8.78. The molecule has 0 spiro atoms. The van der Waals surface area contributed by atoms with Crippen molar-refractivity contribution >= 4 is 26.8 Å². The zero-order valence-corrected chi connectivity index (χ0v) is 8.93. The molecule has 0 amide bonds. The first-order chi connectivity index (χ1) is 6.18. The Morgan fingerprint density at radius 3 is 2.92 bits per heavy atom. The second-order valence-electron chi connectivity index (χ2n) is 3.23. The van der Waals surface area contributed by atoms with Gasteiger partial charge in [-0.05, 0) is 34.5 Å². The number of hydrogen-bond acceptors (Lipinski definition) is 1. The monoisotopic (exact) mass is 238 g/mol. The lowest BCUT2D eigenvalue weighted by molar-refractivity contribution is 0.820. The fourth-order valence-corrected chi connectivity index (χ4v) is 1.85. The summed E-state index contributed by atoms with van der Waals surface area (Å²) in [5, 5.41) is 1.20. The second-order valence-corrected chi connectivity index (χ2v) is 4.08. The van der Waals surface area contributed by atoms with Gasteiger partial charge in [0.25, 0.3) is 0 Å². The molecule has 0 aliphatic heterocycles. The van der Waals surface area contributed by atoms with E-state index in [1.807, 2.05) is 13.1 Å². The van der Waals surface area contributed by atoms with Crippen molar-refractivity contribution in [3.63, 3.8) is 0 Å². The molecule has 1 heterocycles. The van der Waals surface area contributed by atoms with Gasteiger partial charge in [-0.2, -0.15) is 0 Å². The van der Waals surface area contributed by atoms with Crippen molar-refractivity contribution in [3.05, 3.63) is 34.4 Å². The minimum atomic E-state index is 0.0893. The number of H-pyrrole nitrogens is 1. The van der Waals surface area contributed by atoms with Gasteiger partial charge in [0.1, 0.15) is 0 Å². The maximum atomic E-state index is 5.79. The van der Waals surface area contributed by atoms with Gasteiger partial charge >= 0.3 is 0 Å². The summed E-state index contributed by atoms with van der Waals surface area (Å²) in [5.74, 6) is 0. The SMILES string of the molecule is CC(N)c1ccc2c(Br)c[nH]c2c1. The Kier molecular flexibility index (Phi) is 2.14. The average Bonchev–Trinajstić information content (AvgIpc) is 2.47. The minimum absolute atomic E-state index is 0.0893. The summed E-state index contributed by atoms with van der Waals surface area (Å²) >= 11 is 3.47. The van der Waals surface area contributed by atoms with Crippen LogP contribution in [0, 0.1) is 0 Å². The summed E-state index contributed by atoms with van der Waals surface area (Å²) in [4.78, 5) is 3.18. The van der Waals surface area contributed by atoms with Crippen LogP contribution in [0.4, 0.5) is 0 Å². The molecular formula is C10H11BrN2. The predicted octanol–water partition coefficient (Wildman–Crippen LogP) is 2.95. The number of aromatic nitrogens is 1. The third-order valence-corrected chi connectivity index (χ3v) is 2.84. The van der Waals surface area contributed by atoms with E-state index in [-0.39, 0.29) is 6.04 Å². The number of nitrogens with one attached hydrogen (secondary N) is 1. The van der Waals surface area contributed by atoms with Crippen molar-refractivity contribution in [2.75, 3.05) is 0 Å². The molecule has 0 fully saturated rings. The third kappa shape index (κ3) is 1.49. The van der Waals surface area contributed by atoms with Crippen molar-refractivity contribution in [3.8, 4) is 0 Å². The predicted molar refractivity (Wildman–Crippen MR) is 58.6 cm³/mol. The van der Waals surface area contributed by atoms with Crippen molar-refractivity contribution in [1.29, 1.82) is 0 Å². The first-order valence-electron chi connectivity index (χ1n) is 4.20. The number of rotatable bonds is 1. The Hall–Kier alpha value is -0.800. The zero-order chi connectivity index (χ0) is 9.42. The van der Waals surface area contributed by atoms with Crippen LogP contribution in [0.15, 0.2) is 28.9 Å². The van der Waals surface area contributed by atoms with Crippen LogP contribution >= 0.6 is 15.9 Å². The Bertz CT molecular complexity index is 431. The lowest BCUT2D eigenvalue weighted by Gasteiger charge is -2.04. The van der Waals surface area contributed by atoms with Gasteiger partial charge in [0, 0.05) is 27.6 Å². The van der Waals surface area contributed by atoms with E-state index in [0.717, 1.165) is 15.6 Å². The van der Waals surface area contributed by atoms with Gasteiger partial charge in [-0.3, -0.25) is 0 Å². The van der Waals surface area contributed by atoms with Crippen molar-refractivity contribution in [2.24, 2.45) is 5.73 Å². The van der Waals surface area contributed by atoms with E-state index in [1.165, 1.54) is 5.39 Å². The summed E-state index contributed by atoms with van der Waals surface area (Å²) in [6.45, 7) is 1.99. The van der Waals surface area contributed by atoms with Crippen molar-refractivity contribution in [2.45, 2.75) is 13.0 Å². The van der Waals surface area contributed by atoms with Crippen LogP contribution in [0.1, 0.15) is 18.5 Å². The van der Waals surface area contributed by atoms with Crippen LogP contribution in [0.2, 0.25) is 0 Å². The molecule has 0 radical (unpaired) electrons. The van der Waals surface area contributed by atoms with E-state index in [4.69, 9.17) is 5.73 Å². The van der Waals surface area contributed by atoms with Crippen LogP contribution in [-0.4, -0.2) is 4.98 Å². The molecule has 1 aromatic carbocycles. The van der Waals surface area contributed by atoms with Gasteiger partial charge in [0.15, 0.2) is 0 Å². The molecule has 2 rings (SSSR count). The minimum Gasteiger partial charge on any atom is -0.360 e. The summed E-state index contributed by atoms with van der Waals surface area (Å²) in [5.41, 5.74) is 8.07. The second kappa shape index (κ2) is 3.16. The lowest BCUT2D eigenvalue weighted by atomic mass is 10.1. The zero-order valence-electron chi connectivity index (χ0n) is 7.34. The highest BCUT2D eigenvalue weighted by molar-refractivity contribution is 9.10. The molecule has 2 aromatic rings. The highest BCUT2D eigenvalue weighted by Gasteiger charge is 2.03. The standard InChI is InChI=1S/C10H11BrN2/c1-6(12)7-2-3-8-9(11)5-13-10(8)4-7/h2-6,13H,12H2,1H3. The van der Waals surface area contributed by atoms with Gasteiger partial charge in [-0.15, -0.1) is 0 Å². The first-order valence-corrected chi connectivity index (χ1v) is 5.00. The largest absolute Gasteiger partial charge is 0.360 e. The molecule has 0 bridgehead atoms. The molecule has 0 saturated carbocycles. The lowest BCUT2D eigenvalue weighted by Crippen LogP contribution is -2.04. The summed E-state index contributed by atoms with van der Waals surface area (Å²) in [6, 6.07) is 6.32. The fraction of sp³-hybridized carbons (Fsp3) is 0.200. The number of aromatic amines is 1. The van der Waals surface area contributed by atoms with Crippen LogP contribution in [0.25, 0.3) is 10.9 Å². The normalized spacial score (nSPS) is 13.5. The van der Waals surface area contributed by atoms with Crippen LogP contribution in [0.5, 0.6) is 0 Å². The number of fused-ring (bicyclic) bond motifs is 1. The number of nitrogens with two attached hydrogens (primary N) is 1. The molecule has 0 saturated heterocycles. The fourth-order valence-electron chi connectivity index (χ4n) is 1.39. The molecule has 13 heavy (non-hydrogen) atoms. The van der Waals surface area contributed by atoms with Gasteiger partial charge in [0.2, 0.25) is 0 Å². The molecule has 68 valence electrons. The molecule has 0 aliphatic carbocycles. The molecule has 2 nitrogen and oxygen atoms in total. The van der Waals surface area contributed by atoms with E-state index in [0.29, 0.717) is 0 Å². The number of halogens is 1. The molecule has 1 aromatic heterocycles. The Labute approximate surface area is 85.3 Å². The van der Waals surface area contributed by atoms with Crippen LogP contribution in [-0.2, 0) is 0 Å². The van der Waals surface area contributed by atoms with Gasteiger partial charge in [-0.25, -0.2) is 0 Å². The molecule has 3 N–H and O–H groups in total. The van der Waals surface area contributed by atoms with Crippen LogP contribution in [0.3, 0.4) is 0 Å². The maximum absolute atomic E-state index is 5.79. The quantitative estimate of drug-likeness (QED) is 0.789. The summed E-state index contributed by atoms with van der Waals surface area (Å²) in [7, 11) is 0. The van der Waals surface area contributed by atoms with Gasteiger partial charge in [0.05, 0.1) is 0 Å². The van der Waals surface area contributed by atoms with E-state index in [2.05, 4.69) is 39.1 Å². The van der Waals surface area contributed by atoms with E-state index >= 15 is 0 Å². The van der Waals surface area contributed by atoms with Gasteiger partial charge < -0.3 is 10.7 Å². The molecular weight excluding hydrogens is 228 g/mol. The van der Waals surface area contributed by atoms with Crippen molar-refractivity contribution < 1.29 is 0 Å². The molecule has 1 atom stereocenters. The Morgan fingerprint density at radius 2 is 2.23 bits per heavy atom. The maximum Gasteiger partial charge on any atom is 0.0469 e. The third-order valence-electron chi connectivity index (χ3n) is 2.18. The Morgan fingerprint density at radius 1 is 1.46 bits per heavy atom. The van der Waals surface area contributed by atoms with Crippen molar-refractivity contribution in [1.82, 2.24) is 4.98 Å². The van der Waals surface area contributed by atoms with E-state index < -0.39 is 0 Å². The smallest absolute Gasteiger partial charge is 0.0469 e. The number of hydrogen-bond donors (Lipinski definition) is 2. The number of benzene rings is 1.